The molecule has 2 saturated heterocycles. The van der Waals surface area contributed by atoms with Crippen LogP contribution in [0.15, 0.2) is 4.99 Å². The van der Waals surface area contributed by atoms with Gasteiger partial charge in [-0.2, -0.15) is 13.2 Å². The van der Waals surface area contributed by atoms with E-state index in [0.717, 1.165) is 0 Å². The average molecular weight is 498 g/mol. The molecule has 25 heavy (non-hydrogen) atoms. The van der Waals surface area contributed by atoms with Crippen molar-refractivity contribution in [2.45, 2.75) is 32.0 Å². The van der Waals surface area contributed by atoms with Crippen molar-refractivity contribution < 1.29 is 21.6 Å². The Bertz CT molecular complexity index is 557. The zero-order valence-electron chi connectivity index (χ0n) is 14.2. The summed E-state index contributed by atoms with van der Waals surface area (Å²) in [5, 5.41) is 6.17. The van der Waals surface area contributed by atoms with Crippen LogP contribution < -0.4 is 10.6 Å². The zero-order valence-corrected chi connectivity index (χ0v) is 17.3. The molecule has 0 bridgehead atoms. The molecule has 2 aliphatic rings. The Kier molecular flexibility index (Phi) is 8.72. The molecule has 2 heterocycles. The minimum Gasteiger partial charge on any atom is -0.357 e. The zero-order chi connectivity index (χ0) is 17.8. The van der Waals surface area contributed by atoms with Crippen molar-refractivity contribution in [2.75, 3.05) is 44.2 Å². The molecule has 2 aliphatic heterocycles. The Labute approximate surface area is 163 Å². The van der Waals surface area contributed by atoms with Crippen molar-refractivity contribution in [1.29, 1.82) is 0 Å². The molecular formula is C14H26F3IN4O2S. The number of rotatable bonds is 5. The molecule has 0 radical (unpaired) electrons. The molecule has 0 aromatic heterocycles. The second kappa shape index (κ2) is 9.58. The van der Waals surface area contributed by atoms with Crippen LogP contribution in [0.2, 0.25) is 0 Å². The summed E-state index contributed by atoms with van der Waals surface area (Å²) in [7, 11) is -2.97. The Morgan fingerprint density at radius 2 is 2.04 bits per heavy atom. The first-order valence-corrected chi connectivity index (χ1v) is 10.0. The molecule has 6 nitrogen and oxygen atoms in total. The summed E-state index contributed by atoms with van der Waals surface area (Å²) in [5.41, 5.74) is 0. The predicted octanol–water partition coefficient (Wildman–Crippen LogP) is 1.23. The molecule has 11 heteroatoms. The summed E-state index contributed by atoms with van der Waals surface area (Å²) in [6, 6.07) is -0.155. The average Bonchev–Trinajstić information content (AvgIpc) is 3.01. The van der Waals surface area contributed by atoms with Gasteiger partial charge in [-0.15, -0.1) is 24.0 Å². The number of likely N-dealkylation sites (tertiary alicyclic amines) is 1. The molecule has 148 valence electrons. The van der Waals surface area contributed by atoms with Gasteiger partial charge in [-0.05, 0) is 32.2 Å². The highest BCUT2D eigenvalue weighted by atomic mass is 127. The lowest BCUT2D eigenvalue weighted by Crippen LogP contribution is -2.44. The highest BCUT2D eigenvalue weighted by Gasteiger charge is 2.34. The summed E-state index contributed by atoms with van der Waals surface area (Å²) in [6.07, 6.45) is -2.92. The lowest BCUT2D eigenvalue weighted by atomic mass is 10.1. The predicted molar refractivity (Wildman–Crippen MR) is 102 cm³/mol. The van der Waals surface area contributed by atoms with Crippen LogP contribution in [0.5, 0.6) is 0 Å². The quantitative estimate of drug-likeness (QED) is 0.339. The van der Waals surface area contributed by atoms with E-state index in [1.54, 1.807) is 0 Å². The molecular weight excluding hydrogens is 472 g/mol. The van der Waals surface area contributed by atoms with Crippen molar-refractivity contribution in [3.8, 4) is 0 Å². The van der Waals surface area contributed by atoms with Crippen LogP contribution in [0.1, 0.15) is 19.8 Å². The lowest BCUT2D eigenvalue weighted by Gasteiger charge is -2.18. The molecule has 2 unspecified atom stereocenters. The van der Waals surface area contributed by atoms with E-state index in [1.165, 1.54) is 4.90 Å². The van der Waals surface area contributed by atoms with E-state index in [0.29, 0.717) is 45.0 Å². The van der Waals surface area contributed by atoms with Crippen LogP contribution in [0.25, 0.3) is 0 Å². The van der Waals surface area contributed by atoms with Crippen molar-refractivity contribution >= 4 is 39.8 Å². The van der Waals surface area contributed by atoms with Crippen molar-refractivity contribution in [2.24, 2.45) is 10.9 Å². The number of guanidine groups is 1. The molecule has 0 aromatic rings. The third-order valence-electron chi connectivity index (χ3n) is 4.20. The fraction of sp³-hybridized carbons (Fsp3) is 0.929. The molecule has 0 aliphatic carbocycles. The molecule has 0 spiro atoms. The molecule has 2 fully saturated rings. The van der Waals surface area contributed by atoms with Gasteiger partial charge in [0, 0.05) is 25.7 Å². The third kappa shape index (κ3) is 8.29. The highest BCUT2D eigenvalue weighted by molar-refractivity contribution is 14.0. The van der Waals surface area contributed by atoms with Gasteiger partial charge in [0.15, 0.2) is 15.8 Å². The maximum absolute atomic E-state index is 12.4. The molecule has 2 N–H and O–H groups in total. The van der Waals surface area contributed by atoms with E-state index >= 15 is 0 Å². The van der Waals surface area contributed by atoms with Gasteiger partial charge in [-0.3, -0.25) is 9.89 Å². The minimum atomic E-state index is -4.16. The molecule has 0 saturated carbocycles. The Balaban J connectivity index is 0.00000312. The summed E-state index contributed by atoms with van der Waals surface area (Å²) < 4.78 is 60.2. The van der Waals surface area contributed by atoms with Gasteiger partial charge in [-0.25, -0.2) is 8.42 Å². The van der Waals surface area contributed by atoms with Crippen LogP contribution in [-0.2, 0) is 9.84 Å². The number of hydrogen-bond donors (Lipinski definition) is 2. The monoisotopic (exact) mass is 498 g/mol. The third-order valence-corrected chi connectivity index (χ3v) is 5.97. The SMILES string of the molecule is CCNC(=NCC1CCN(CC(F)(F)F)C1)NC1CCS(=O)(=O)C1.I. The van der Waals surface area contributed by atoms with Gasteiger partial charge in [0.2, 0.25) is 0 Å². The fourth-order valence-electron chi connectivity index (χ4n) is 3.10. The van der Waals surface area contributed by atoms with Gasteiger partial charge < -0.3 is 10.6 Å². The van der Waals surface area contributed by atoms with Gasteiger partial charge >= 0.3 is 6.18 Å². The molecule has 2 atom stereocenters. The number of halogens is 4. The Hall–Kier alpha value is -0.300. The summed E-state index contributed by atoms with van der Waals surface area (Å²) in [5.74, 6) is 0.906. The normalized spacial score (nSPS) is 27.1. The van der Waals surface area contributed by atoms with E-state index in [1.807, 2.05) is 6.92 Å². The topological polar surface area (TPSA) is 73.8 Å². The van der Waals surface area contributed by atoms with Crippen LogP contribution in [0, 0.1) is 5.92 Å². The standard InChI is InChI=1S/C14H25F3N4O2S.HI/c1-2-18-13(20-12-4-6-24(22,23)9-12)19-7-11-3-5-21(8-11)10-14(15,16)17;/h11-12H,2-10H2,1H3,(H2,18,19,20);1H. The van der Waals surface area contributed by atoms with Gasteiger partial charge in [-0.1, -0.05) is 0 Å². The fourth-order valence-corrected chi connectivity index (χ4v) is 4.77. The largest absolute Gasteiger partial charge is 0.401 e. The molecule has 0 aromatic carbocycles. The van der Waals surface area contributed by atoms with Gasteiger partial charge in [0.05, 0.1) is 18.1 Å². The Morgan fingerprint density at radius 3 is 2.60 bits per heavy atom. The second-order valence-electron chi connectivity index (χ2n) is 6.47. The van der Waals surface area contributed by atoms with Crippen molar-refractivity contribution in [3.05, 3.63) is 0 Å². The second-order valence-corrected chi connectivity index (χ2v) is 8.70. The minimum absolute atomic E-state index is 0. The van der Waals surface area contributed by atoms with Crippen LogP contribution in [0.4, 0.5) is 13.2 Å². The van der Waals surface area contributed by atoms with Crippen molar-refractivity contribution in [1.82, 2.24) is 15.5 Å². The molecule has 2 rings (SSSR count). The van der Waals surface area contributed by atoms with Crippen LogP contribution in [-0.4, -0.2) is 75.7 Å². The highest BCUT2D eigenvalue weighted by Crippen LogP contribution is 2.22. The lowest BCUT2D eigenvalue weighted by molar-refractivity contribution is -0.143. The smallest absolute Gasteiger partial charge is 0.357 e. The number of sulfone groups is 1. The number of nitrogens with zero attached hydrogens (tertiary/aromatic N) is 2. The van der Waals surface area contributed by atoms with Gasteiger partial charge in [0.1, 0.15) is 0 Å². The van der Waals surface area contributed by atoms with Crippen molar-refractivity contribution in [3.63, 3.8) is 0 Å². The maximum Gasteiger partial charge on any atom is 0.401 e. The first kappa shape index (κ1) is 22.7. The van der Waals surface area contributed by atoms with E-state index in [-0.39, 0.29) is 47.4 Å². The summed E-state index contributed by atoms with van der Waals surface area (Å²) >= 11 is 0. The number of alkyl halides is 3. The van der Waals surface area contributed by atoms with E-state index < -0.39 is 22.6 Å². The number of hydrogen-bond acceptors (Lipinski definition) is 4. The first-order chi connectivity index (χ1) is 11.2. The van der Waals surface area contributed by atoms with E-state index in [2.05, 4.69) is 15.6 Å². The first-order valence-electron chi connectivity index (χ1n) is 8.21. The van der Waals surface area contributed by atoms with Crippen LogP contribution >= 0.6 is 24.0 Å². The molecule has 0 amide bonds. The van der Waals surface area contributed by atoms with Crippen LogP contribution in [0.3, 0.4) is 0 Å². The number of aliphatic imine (C=N–C) groups is 1. The van der Waals surface area contributed by atoms with E-state index in [4.69, 9.17) is 0 Å². The van der Waals surface area contributed by atoms with E-state index in [9.17, 15) is 21.6 Å². The maximum atomic E-state index is 12.4. The van der Waals surface area contributed by atoms with Gasteiger partial charge in [0.25, 0.3) is 0 Å². The summed E-state index contributed by atoms with van der Waals surface area (Å²) in [4.78, 5) is 5.84. The summed E-state index contributed by atoms with van der Waals surface area (Å²) in [6.45, 7) is 2.93. The Morgan fingerprint density at radius 1 is 1.32 bits per heavy atom. The number of nitrogens with one attached hydrogen (secondary N) is 2.